The topological polar surface area (TPSA) is 156 Å². The lowest BCUT2D eigenvalue weighted by Crippen LogP contribution is -2.53. The first-order chi connectivity index (χ1) is 25.1. The molecule has 0 spiro atoms. The van der Waals surface area contributed by atoms with Gasteiger partial charge in [-0.2, -0.15) is 0 Å². The van der Waals surface area contributed by atoms with Crippen LogP contribution in [0.4, 0.5) is 4.39 Å². The van der Waals surface area contributed by atoms with E-state index in [1.54, 1.807) is 36.4 Å². The minimum atomic E-state index is -0.845. The summed E-state index contributed by atoms with van der Waals surface area (Å²) in [5.41, 5.74) is 0.887. The molecule has 12 nitrogen and oxygen atoms in total. The second kappa shape index (κ2) is 21.1. The van der Waals surface area contributed by atoms with Gasteiger partial charge in [0.15, 0.2) is 6.10 Å². The molecule has 294 valence electrons. The van der Waals surface area contributed by atoms with Gasteiger partial charge in [0.2, 0.25) is 11.8 Å². The first-order valence-electron chi connectivity index (χ1n) is 18.6. The van der Waals surface area contributed by atoms with Gasteiger partial charge in [-0.25, -0.2) is 9.37 Å². The van der Waals surface area contributed by atoms with Gasteiger partial charge in [0.1, 0.15) is 22.6 Å². The van der Waals surface area contributed by atoms with E-state index in [2.05, 4.69) is 20.9 Å². The summed E-state index contributed by atoms with van der Waals surface area (Å²) < 4.78 is 24.2. The average Bonchev–Trinajstić information content (AvgIpc) is 3.84. The number of aromatic nitrogens is 1. The molecule has 1 aromatic heterocycles. The summed E-state index contributed by atoms with van der Waals surface area (Å²) >= 11 is 1.17. The van der Waals surface area contributed by atoms with Crippen molar-refractivity contribution in [2.24, 2.45) is 23.7 Å². The van der Waals surface area contributed by atoms with E-state index in [4.69, 9.17) is 9.47 Å². The minimum Gasteiger partial charge on any atom is -0.469 e. The highest BCUT2D eigenvalue weighted by Crippen LogP contribution is 2.36. The first-order valence-corrected chi connectivity index (χ1v) is 19.5. The van der Waals surface area contributed by atoms with Crippen LogP contribution in [0.5, 0.6) is 0 Å². The fourth-order valence-electron chi connectivity index (χ4n) is 6.49. The molecule has 3 rings (SSSR count). The van der Waals surface area contributed by atoms with E-state index in [0.717, 1.165) is 44.2 Å². The standard InChI is InChI=1S/C39H58FN5O7S/c1-23(2)32(45(7)38(49)34(28-14-15-28)44-35(47)24(3)11-9-10-18-41-6)21-33(52-26(5)46)37-43-31(22-53-37)36(48)42-30(19-25(4)39(50)51-8)20-27-12-16-29(40)17-13-27/h12-13,16-17,22-25,28,30,32-34,41H,9-11,14-15,18-21H2,1-8H3,(H,42,48)(H,44,47)/t24-,25+,30-,32-,33-,34+/m1/s1. The van der Waals surface area contributed by atoms with E-state index in [-0.39, 0.29) is 60.0 Å². The molecule has 14 heteroatoms. The Morgan fingerprint density at radius 1 is 1.00 bits per heavy atom. The SMILES string of the molecule is CNCCCC[C@@H](C)C(=O)N[C@H](C(=O)N(C)[C@H](C[C@@H](OC(C)=O)c1nc(C(=O)N[C@@H](Cc2ccc(F)cc2)C[C@H](C)C(=O)OC)cs1)C(C)C)C1CC1. The molecule has 0 aliphatic heterocycles. The van der Waals surface area contributed by atoms with Gasteiger partial charge in [-0.15, -0.1) is 11.3 Å². The number of likely N-dealkylation sites (N-methyl/N-ethyl adjacent to an activating group) is 1. The van der Waals surface area contributed by atoms with E-state index >= 15 is 0 Å². The number of nitrogens with zero attached hydrogens (tertiary/aromatic N) is 2. The van der Waals surface area contributed by atoms with Crippen LogP contribution in [0.2, 0.25) is 0 Å². The molecule has 1 fully saturated rings. The maximum absolute atomic E-state index is 14.0. The van der Waals surface area contributed by atoms with Crippen LogP contribution in [0, 0.1) is 29.5 Å². The summed E-state index contributed by atoms with van der Waals surface area (Å²) in [7, 11) is 4.93. The Morgan fingerprint density at radius 2 is 1.68 bits per heavy atom. The van der Waals surface area contributed by atoms with E-state index < -0.39 is 42.0 Å². The molecule has 2 aromatic rings. The number of ether oxygens (including phenoxy) is 2. The number of rotatable bonds is 22. The fraction of sp³-hybridized carbons (Fsp3) is 0.641. The van der Waals surface area contributed by atoms with Crippen molar-refractivity contribution >= 4 is 41.0 Å². The Kier molecular flexibility index (Phi) is 17.3. The van der Waals surface area contributed by atoms with Crippen LogP contribution < -0.4 is 16.0 Å². The molecular weight excluding hydrogens is 702 g/mol. The maximum Gasteiger partial charge on any atom is 0.308 e. The van der Waals surface area contributed by atoms with Gasteiger partial charge < -0.3 is 30.3 Å². The summed E-state index contributed by atoms with van der Waals surface area (Å²) in [6.45, 7) is 9.75. The van der Waals surface area contributed by atoms with E-state index in [0.29, 0.717) is 11.4 Å². The number of hydrogen-bond acceptors (Lipinski definition) is 10. The van der Waals surface area contributed by atoms with Crippen LogP contribution in [0.3, 0.4) is 0 Å². The van der Waals surface area contributed by atoms with E-state index in [1.807, 2.05) is 27.8 Å². The monoisotopic (exact) mass is 759 g/mol. The quantitative estimate of drug-likeness (QED) is 0.108. The molecule has 3 N–H and O–H groups in total. The zero-order valence-corrected chi connectivity index (χ0v) is 33.2. The lowest BCUT2D eigenvalue weighted by Gasteiger charge is -2.36. The largest absolute Gasteiger partial charge is 0.469 e. The van der Waals surface area contributed by atoms with Crippen molar-refractivity contribution in [2.75, 3.05) is 27.7 Å². The van der Waals surface area contributed by atoms with Gasteiger partial charge >= 0.3 is 11.9 Å². The van der Waals surface area contributed by atoms with E-state index in [9.17, 15) is 28.4 Å². The zero-order valence-electron chi connectivity index (χ0n) is 32.4. The maximum atomic E-state index is 14.0. The van der Waals surface area contributed by atoms with Crippen molar-refractivity contribution in [3.8, 4) is 0 Å². The number of carbonyl (C=O) groups is 5. The van der Waals surface area contributed by atoms with Crippen molar-refractivity contribution in [1.82, 2.24) is 25.8 Å². The Balaban J connectivity index is 1.76. The third-order valence-corrected chi connectivity index (χ3v) is 10.7. The molecule has 53 heavy (non-hydrogen) atoms. The van der Waals surface area contributed by atoms with Crippen LogP contribution in [0.15, 0.2) is 29.6 Å². The Bertz CT molecular complexity index is 1520. The molecule has 1 saturated carbocycles. The molecular formula is C39H58FN5O7S. The van der Waals surface area contributed by atoms with Crippen molar-refractivity contribution in [1.29, 1.82) is 0 Å². The van der Waals surface area contributed by atoms with Crippen molar-refractivity contribution < 1.29 is 37.8 Å². The molecule has 0 radical (unpaired) electrons. The Hall–Kier alpha value is -3.91. The Labute approximate surface area is 317 Å². The van der Waals surface area contributed by atoms with Gasteiger partial charge in [0.05, 0.1) is 13.0 Å². The summed E-state index contributed by atoms with van der Waals surface area (Å²) in [6.07, 6.45) is 4.35. The highest BCUT2D eigenvalue weighted by atomic mass is 32.1. The number of thiazole rings is 1. The highest BCUT2D eigenvalue weighted by molar-refractivity contribution is 7.09. The summed E-state index contributed by atoms with van der Waals surface area (Å²) in [5, 5.41) is 11.1. The second-order valence-electron chi connectivity index (χ2n) is 14.7. The molecule has 1 aromatic carbocycles. The third kappa shape index (κ3) is 13.8. The number of amides is 3. The average molecular weight is 760 g/mol. The van der Waals surface area contributed by atoms with Crippen LogP contribution in [-0.2, 0) is 35.1 Å². The molecule has 6 atom stereocenters. The van der Waals surface area contributed by atoms with Gasteiger partial charge in [-0.3, -0.25) is 24.0 Å². The summed E-state index contributed by atoms with van der Waals surface area (Å²) in [5.74, 6) is -2.82. The molecule has 3 amide bonds. The number of nitrogens with one attached hydrogen (secondary N) is 3. The number of hydrogen-bond donors (Lipinski definition) is 3. The van der Waals surface area contributed by atoms with Crippen LogP contribution >= 0.6 is 11.3 Å². The smallest absolute Gasteiger partial charge is 0.308 e. The summed E-state index contributed by atoms with van der Waals surface area (Å²) in [4.78, 5) is 71.5. The molecule has 0 unspecified atom stereocenters. The molecule has 0 saturated heterocycles. The van der Waals surface area contributed by atoms with Crippen LogP contribution in [0.25, 0.3) is 0 Å². The fourth-order valence-corrected chi connectivity index (χ4v) is 7.33. The lowest BCUT2D eigenvalue weighted by molar-refractivity contribution is -0.149. The molecule has 1 aliphatic carbocycles. The Morgan fingerprint density at radius 3 is 2.26 bits per heavy atom. The second-order valence-corrected chi connectivity index (χ2v) is 15.5. The molecule has 0 bridgehead atoms. The van der Waals surface area contributed by atoms with Gasteiger partial charge in [-0.1, -0.05) is 46.2 Å². The van der Waals surface area contributed by atoms with Gasteiger partial charge in [0.25, 0.3) is 5.91 Å². The minimum absolute atomic E-state index is 0.0459. The normalized spacial score (nSPS) is 16.1. The van der Waals surface area contributed by atoms with Crippen molar-refractivity contribution in [3.63, 3.8) is 0 Å². The van der Waals surface area contributed by atoms with E-state index in [1.165, 1.54) is 37.5 Å². The number of halogens is 1. The lowest BCUT2D eigenvalue weighted by atomic mass is 9.95. The number of unbranched alkanes of at least 4 members (excludes halogenated alkanes) is 1. The number of esters is 2. The summed E-state index contributed by atoms with van der Waals surface area (Å²) in [6, 6.07) is 4.42. The first kappa shape index (κ1) is 43.5. The zero-order chi connectivity index (χ0) is 39.2. The van der Waals surface area contributed by atoms with Crippen LogP contribution in [0.1, 0.15) is 107 Å². The van der Waals surface area contributed by atoms with Crippen molar-refractivity contribution in [3.05, 3.63) is 51.7 Å². The van der Waals surface area contributed by atoms with Crippen molar-refractivity contribution in [2.45, 2.75) is 110 Å². The number of carbonyl (C=O) groups excluding carboxylic acids is 5. The third-order valence-electron chi connectivity index (χ3n) is 9.80. The molecule has 1 aliphatic rings. The van der Waals surface area contributed by atoms with Gasteiger partial charge in [0, 0.05) is 43.8 Å². The predicted molar refractivity (Wildman–Crippen MR) is 201 cm³/mol. The molecule has 1 heterocycles. The highest BCUT2D eigenvalue weighted by Gasteiger charge is 2.41. The predicted octanol–water partition coefficient (Wildman–Crippen LogP) is 5.22. The number of methoxy groups -OCH3 is 1. The number of benzene rings is 1. The van der Waals surface area contributed by atoms with Gasteiger partial charge in [-0.05, 0) is 81.6 Å². The van der Waals surface area contributed by atoms with Crippen LogP contribution in [-0.4, -0.2) is 85.4 Å².